The number of hydrogen-bond acceptors (Lipinski definition) is 3. The first-order valence-electron chi connectivity index (χ1n) is 7.05. The van der Waals surface area contributed by atoms with Gasteiger partial charge in [0, 0.05) is 26.1 Å². The summed E-state index contributed by atoms with van der Waals surface area (Å²) in [6.45, 7) is 1.55. The molecule has 0 bridgehead atoms. The molecule has 2 unspecified atom stereocenters. The van der Waals surface area contributed by atoms with Gasteiger partial charge in [-0.1, -0.05) is 0 Å². The molecule has 2 aliphatic heterocycles. The van der Waals surface area contributed by atoms with Crippen LogP contribution in [0.15, 0.2) is 0 Å². The number of carbonyl (C=O) groups is 3. The second kappa shape index (κ2) is 6.11. The molecular weight excluding hydrogens is 262 g/mol. The van der Waals surface area contributed by atoms with Crippen LogP contribution in [0.5, 0.6) is 0 Å². The fourth-order valence-corrected chi connectivity index (χ4v) is 3.06. The zero-order valence-electron chi connectivity index (χ0n) is 11.5. The number of aliphatic carboxylic acids is 1. The van der Waals surface area contributed by atoms with Crippen LogP contribution < -0.4 is 5.73 Å². The van der Waals surface area contributed by atoms with Gasteiger partial charge in [0.15, 0.2) is 0 Å². The number of rotatable bonds is 3. The van der Waals surface area contributed by atoms with E-state index in [0.29, 0.717) is 32.5 Å². The number of amides is 3. The average Bonchev–Trinajstić information content (AvgIpc) is 2.85. The Morgan fingerprint density at radius 2 is 1.90 bits per heavy atom. The first-order chi connectivity index (χ1) is 9.49. The van der Waals surface area contributed by atoms with Crippen molar-refractivity contribution in [1.29, 1.82) is 0 Å². The summed E-state index contributed by atoms with van der Waals surface area (Å²) in [6, 6.07) is -0.698. The number of carbonyl (C=O) groups excluding carboxylic acids is 2. The summed E-state index contributed by atoms with van der Waals surface area (Å²) < 4.78 is 0. The van der Waals surface area contributed by atoms with Crippen LogP contribution in [-0.2, 0) is 9.59 Å². The van der Waals surface area contributed by atoms with Crippen molar-refractivity contribution < 1.29 is 19.5 Å². The molecular formula is C13H21N3O4. The molecule has 2 fully saturated rings. The number of nitrogens with zero attached hydrogens (tertiary/aromatic N) is 2. The normalized spacial score (nSPS) is 26.6. The minimum absolute atomic E-state index is 0.00766. The van der Waals surface area contributed by atoms with Crippen LogP contribution in [0, 0.1) is 5.92 Å². The minimum Gasteiger partial charge on any atom is -0.481 e. The molecule has 2 heterocycles. The van der Waals surface area contributed by atoms with Gasteiger partial charge in [-0.2, -0.15) is 0 Å². The highest BCUT2D eigenvalue weighted by Gasteiger charge is 2.36. The summed E-state index contributed by atoms with van der Waals surface area (Å²) in [5.41, 5.74) is 5.36. The van der Waals surface area contributed by atoms with Crippen molar-refractivity contribution in [3.8, 4) is 0 Å². The van der Waals surface area contributed by atoms with E-state index in [2.05, 4.69) is 0 Å². The molecule has 0 aromatic carbocycles. The Morgan fingerprint density at radius 3 is 2.55 bits per heavy atom. The van der Waals surface area contributed by atoms with Gasteiger partial charge in [0.2, 0.25) is 5.91 Å². The van der Waals surface area contributed by atoms with Crippen molar-refractivity contribution in [3.05, 3.63) is 0 Å². The van der Waals surface area contributed by atoms with Crippen molar-refractivity contribution in [1.82, 2.24) is 9.80 Å². The molecule has 0 spiro atoms. The van der Waals surface area contributed by atoms with Gasteiger partial charge >= 0.3 is 12.0 Å². The number of carboxylic acid groups (broad SMARTS) is 1. The van der Waals surface area contributed by atoms with E-state index in [1.807, 2.05) is 0 Å². The van der Waals surface area contributed by atoms with Gasteiger partial charge in [-0.3, -0.25) is 9.59 Å². The van der Waals surface area contributed by atoms with Crippen molar-refractivity contribution in [2.45, 2.75) is 38.1 Å². The fourth-order valence-electron chi connectivity index (χ4n) is 3.06. The Hall–Kier alpha value is -1.79. The maximum atomic E-state index is 12.4. The largest absolute Gasteiger partial charge is 0.481 e. The van der Waals surface area contributed by atoms with E-state index in [1.54, 1.807) is 9.80 Å². The van der Waals surface area contributed by atoms with E-state index >= 15 is 0 Å². The zero-order valence-corrected chi connectivity index (χ0v) is 11.5. The van der Waals surface area contributed by atoms with Crippen molar-refractivity contribution >= 4 is 17.9 Å². The number of nitrogens with two attached hydrogens (primary N) is 1. The third kappa shape index (κ3) is 3.20. The van der Waals surface area contributed by atoms with Gasteiger partial charge < -0.3 is 20.6 Å². The third-order valence-corrected chi connectivity index (χ3v) is 4.10. The number of hydrogen-bond donors (Lipinski definition) is 2. The smallest absolute Gasteiger partial charge is 0.320 e. The number of primary amides is 1. The quantitative estimate of drug-likeness (QED) is 0.774. The maximum absolute atomic E-state index is 12.4. The van der Waals surface area contributed by atoms with Gasteiger partial charge in [0.25, 0.3) is 0 Å². The van der Waals surface area contributed by atoms with Gasteiger partial charge in [-0.05, 0) is 31.6 Å². The molecule has 0 aliphatic carbocycles. The van der Waals surface area contributed by atoms with E-state index in [0.717, 1.165) is 12.8 Å². The van der Waals surface area contributed by atoms with Crippen molar-refractivity contribution in [2.24, 2.45) is 11.7 Å². The Balaban J connectivity index is 1.96. The van der Waals surface area contributed by atoms with Gasteiger partial charge in [0.1, 0.15) is 6.04 Å². The minimum atomic E-state index is -0.836. The lowest BCUT2D eigenvalue weighted by Crippen LogP contribution is -2.54. The first kappa shape index (κ1) is 14.6. The molecule has 2 aliphatic rings. The molecule has 0 radical (unpaired) electrons. The van der Waals surface area contributed by atoms with Crippen LogP contribution in [0.25, 0.3) is 0 Å². The van der Waals surface area contributed by atoms with Crippen LogP contribution >= 0.6 is 0 Å². The predicted octanol–water partition coefficient (Wildman–Crippen LogP) is 0.243. The zero-order chi connectivity index (χ0) is 14.7. The molecule has 112 valence electrons. The number of carboxylic acids is 1. The number of piperidine rings is 1. The third-order valence-electron chi connectivity index (χ3n) is 4.10. The second-order valence-electron chi connectivity index (χ2n) is 5.59. The van der Waals surface area contributed by atoms with E-state index in [4.69, 9.17) is 10.8 Å². The predicted molar refractivity (Wildman–Crippen MR) is 70.9 cm³/mol. The SMILES string of the molecule is NC(=O)C1CCCCN1C(=O)N1CCC(CC(=O)O)C1. The molecule has 2 saturated heterocycles. The molecule has 3 amide bonds. The molecule has 0 aromatic heterocycles. The fraction of sp³-hybridized carbons (Fsp3) is 0.769. The van der Waals surface area contributed by atoms with Crippen molar-refractivity contribution in [2.75, 3.05) is 19.6 Å². The highest BCUT2D eigenvalue weighted by atomic mass is 16.4. The molecule has 2 atom stereocenters. The summed E-state index contributed by atoms with van der Waals surface area (Å²) in [4.78, 5) is 37.8. The summed E-state index contributed by atoms with van der Waals surface area (Å²) in [7, 11) is 0. The monoisotopic (exact) mass is 283 g/mol. The Kier molecular flexibility index (Phi) is 4.46. The summed E-state index contributed by atoms with van der Waals surface area (Å²) >= 11 is 0. The molecule has 20 heavy (non-hydrogen) atoms. The number of likely N-dealkylation sites (tertiary alicyclic amines) is 2. The Labute approximate surface area is 117 Å². The lowest BCUT2D eigenvalue weighted by Gasteiger charge is -2.36. The first-order valence-corrected chi connectivity index (χ1v) is 7.05. The molecule has 7 heteroatoms. The Bertz CT molecular complexity index is 412. The van der Waals surface area contributed by atoms with Crippen LogP contribution in [0.1, 0.15) is 32.1 Å². The molecule has 7 nitrogen and oxygen atoms in total. The summed E-state index contributed by atoms with van der Waals surface area (Å²) in [5.74, 6) is -1.29. The lowest BCUT2D eigenvalue weighted by molar-refractivity contribution is -0.138. The van der Waals surface area contributed by atoms with E-state index in [-0.39, 0.29) is 18.4 Å². The Morgan fingerprint density at radius 1 is 1.15 bits per heavy atom. The highest BCUT2D eigenvalue weighted by molar-refractivity contribution is 5.86. The molecule has 0 aromatic rings. The van der Waals surface area contributed by atoms with Crippen LogP contribution in [0.2, 0.25) is 0 Å². The van der Waals surface area contributed by atoms with Gasteiger partial charge in [-0.25, -0.2) is 4.79 Å². The maximum Gasteiger partial charge on any atom is 0.320 e. The van der Waals surface area contributed by atoms with E-state index in [9.17, 15) is 14.4 Å². The summed E-state index contributed by atoms with van der Waals surface area (Å²) in [5, 5.41) is 8.79. The number of urea groups is 1. The molecule has 3 N–H and O–H groups in total. The lowest BCUT2D eigenvalue weighted by atomic mass is 10.0. The highest BCUT2D eigenvalue weighted by Crippen LogP contribution is 2.24. The molecule has 2 rings (SSSR count). The van der Waals surface area contributed by atoms with Crippen LogP contribution in [-0.4, -0.2) is 58.5 Å². The second-order valence-corrected chi connectivity index (χ2v) is 5.59. The van der Waals surface area contributed by atoms with Crippen LogP contribution in [0.3, 0.4) is 0 Å². The van der Waals surface area contributed by atoms with Crippen molar-refractivity contribution in [3.63, 3.8) is 0 Å². The van der Waals surface area contributed by atoms with E-state index < -0.39 is 17.9 Å². The molecule has 0 saturated carbocycles. The average molecular weight is 283 g/mol. The topological polar surface area (TPSA) is 104 Å². The van der Waals surface area contributed by atoms with Gasteiger partial charge in [0.05, 0.1) is 0 Å². The van der Waals surface area contributed by atoms with Gasteiger partial charge in [-0.15, -0.1) is 0 Å². The van der Waals surface area contributed by atoms with E-state index in [1.165, 1.54) is 0 Å². The summed E-state index contributed by atoms with van der Waals surface area (Å²) in [6.07, 6.45) is 3.19. The van der Waals surface area contributed by atoms with Crippen LogP contribution in [0.4, 0.5) is 4.79 Å². The standard InChI is InChI=1S/C13H21N3O4/c14-12(19)10-3-1-2-5-16(10)13(20)15-6-4-9(8-15)7-11(17)18/h9-10H,1-8H2,(H2,14,19)(H,17,18).